The Morgan fingerprint density at radius 3 is 2.44 bits per heavy atom. The van der Waals surface area contributed by atoms with Crippen molar-refractivity contribution >= 4 is 29.1 Å². The number of amides is 1. The average Bonchev–Trinajstić information content (AvgIpc) is 2.75. The summed E-state index contributed by atoms with van der Waals surface area (Å²) >= 11 is 6.49. The maximum atomic E-state index is 13.2. The summed E-state index contributed by atoms with van der Waals surface area (Å²) in [5.74, 6) is 4.91. The van der Waals surface area contributed by atoms with Gasteiger partial charge >= 0.3 is 0 Å². The van der Waals surface area contributed by atoms with Gasteiger partial charge in [0.05, 0.1) is 7.11 Å². The van der Waals surface area contributed by atoms with E-state index in [9.17, 15) is 14.4 Å². The zero-order valence-corrected chi connectivity index (χ0v) is 19.7. The highest BCUT2D eigenvalue weighted by atomic mass is 35.5. The predicted octanol–water partition coefficient (Wildman–Crippen LogP) is 3.77. The molecule has 0 N–H and O–H groups in total. The second-order valence-electron chi connectivity index (χ2n) is 8.60. The van der Waals surface area contributed by atoms with Crippen LogP contribution in [0.25, 0.3) is 0 Å². The molecule has 7 heteroatoms. The number of benzene rings is 1. The number of carbonyl (C=O) groups is 3. The molecule has 2 aliphatic rings. The minimum absolute atomic E-state index is 0.0357. The Morgan fingerprint density at radius 1 is 1.22 bits per heavy atom. The van der Waals surface area contributed by atoms with Crippen LogP contribution in [0.15, 0.2) is 12.1 Å². The van der Waals surface area contributed by atoms with Crippen LogP contribution in [0, 0.1) is 17.3 Å². The third-order valence-electron chi connectivity index (χ3n) is 6.36. The van der Waals surface area contributed by atoms with Crippen LogP contribution in [0.1, 0.15) is 63.0 Å². The maximum absolute atomic E-state index is 13.2. The molecule has 1 spiro atoms. The molecule has 1 amide bonds. The van der Waals surface area contributed by atoms with Gasteiger partial charge in [-0.15, -0.1) is 5.92 Å². The molecule has 1 aliphatic heterocycles. The van der Waals surface area contributed by atoms with Crippen molar-refractivity contribution in [3.05, 3.63) is 28.3 Å². The van der Waals surface area contributed by atoms with E-state index >= 15 is 0 Å². The van der Waals surface area contributed by atoms with Crippen molar-refractivity contribution in [2.45, 2.75) is 51.9 Å². The fourth-order valence-electron chi connectivity index (χ4n) is 4.74. The molecular weight excluding hydrogens is 430 g/mol. The third-order valence-corrected chi connectivity index (χ3v) is 6.68. The average molecular weight is 460 g/mol. The molecule has 3 rings (SSSR count). The van der Waals surface area contributed by atoms with Crippen LogP contribution < -0.4 is 4.74 Å². The first-order chi connectivity index (χ1) is 15.3. The number of nitrogens with zero attached hydrogens (tertiary/aromatic N) is 1. The Balaban J connectivity index is 1.73. The lowest BCUT2D eigenvalue weighted by Gasteiger charge is -2.44. The summed E-state index contributed by atoms with van der Waals surface area (Å²) in [6.45, 7) is 5.43. The van der Waals surface area contributed by atoms with E-state index in [0.29, 0.717) is 67.3 Å². The number of ether oxygens (including phenoxy) is 2. The van der Waals surface area contributed by atoms with Crippen molar-refractivity contribution in [2.24, 2.45) is 5.41 Å². The van der Waals surface area contributed by atoms with E-state index in [-0.39, 0.29) is 29.5 Å². The minimum atomic E-state index is -0.922. The predicted molar refractivity (Wildman–Crippen MR) is 122 cm³/mol. The molecule has 32 heavy (non-hydrogen) atoms. The number of piperidine rings is 1. The zero-order valence-electron chi connectivity index (χ0n) is 19.0. The standard InChI is InChI=1S/C25H30ClNO5/c1-4-6-17-12-18(26)23(21(13-17)31-3)24-19(28)14-25(15-20(24)29)7-9-27(10-8-25)22(30)16-32-11-5-2/h12-13,24H,5,7-11,14-16H2,1-3H3. The summed E-state index contributed by atoms with van der Waals surface area (Å²) in [4.78, 5) is 40.6. The molecule has 1 aromatic rings. The van der Waals surface area contributed by atoms with Crippen LogP contribution in [0.3, 0.4) is 0 Å². The van der Waals surface area contributed by atoms with E-state index in [4.69, 9.17) is 21.1 Å². The molecule has 0 radical (unpaired) electrons. The monoisotopic (exact) mass is 459 g/mol. The van der Waals surface area contributed by atoms with E-state index in [1.807, 2.05) is 6.92 Å². The van der Waals surface area contributed by atoms with Crippen molar-refractivity contribution in [1.29, 1.82) is 0 Å². The smallest absolute Gasteiger partial charge is 0.248 e. The van der Waals surface area contributed by atoms with Crippen molar-refractivity contribution in [1.82, 2.24) is 4.90 Å². The molecule has 1 aliphatic carbocycles. The molecule has 0 bridgehead atoms. The van der Waals surface area contributed by atoms with Crippen LogP contribution >= 0.6 is 11.6 Å². The van der Waals surface area contributed by atoms with E-state index < -0.39 is 5.92 Å². The number of hydrogen-bond acceptors (Lipinski definition) is 5. The molecule has 0 aromatic heterocycles. The van der Waals surface area contributed by atoms with Crippen molar-refractivity contribution in [2.75, 3.05) is 33.4 Å². The van der Waals surface area contributed by atoms with E-state index in [0.717, 1.165) is 6.42 Å². The van der Waals surface area contributed by atoms with E-state index in [2.05, 4.69) is 11.8 Å². The van der Waals surface area contributed by atoms with Crippen LogP contribution in [0.2, 0.25) is 5.02 Å². The first kappa shape index (κ1) is 24.3. The number of carbonyl (C=O) groups excluding carboxylic acids is 3. The highest BCUT2D eigenvalue weighted by molar-refractivity contribution is 6.32. The van der Waals surface area contributed by atoms with Gasteiger partial charge in [0.15, 0.2) is 0 Å². The Bertz CT molecular complexity index is 933. The molecule has 0 atom stereocenters. The molecule has 1 heterocycles. The van der Waals surface area contributed by atoms with Gasteiger partial charge in [-0.1, -0.05) is 24.4 Å². The fourth-order valence-corrected chi connectivity index (χ4v) is 5.06. The number of ketones is 2. The summed E-state index contributed by atoms with van der Waals surface area (Å²) < 4.78 is 10.8. The Kier molecular flexibility index (Phi) is 7.97. The summed E-state index contributed by atoms with van der Waals surface area (Å²) in [5, 5.41) is 0.317. The molecule has 172 valence electrons. The van der Waals surface area contributed by atoms with Gasteiger partial charge in [0.25, 0.3) is 0 Å². The number of likely N-dealkylation sites (tertiary alicyclic amines) is 1. The van der Waals surface area contributed by atoms with Gasteiger partial charge in [-0.05, 0) is 43.7 Å². The lowest BCUT2D eigenvalue weighted by molar-refractivity contribution is -0.142. The minimum Gasteiger partial charge on any atom is -0.496 e. The van der Waals surface area contributed by atoms with Crippen LogP contribution in [0.4, 0.5) is 0 Å². The van der Waals surface area contributed by atoms with Gasteiger partial charge in [0.1, 0.15) is 29.8 Å². The SMILES string of the molecule is CC#Cc1cc(Cl)c(C2C(=O)CC3(CCN(C(=O)COCCC)CC3)CC2=O)c(OC)c1. The highest BCUT2D eigenvalue weighted by Crippen LogP contribution is 2.48. The number of hydrogen-bond donors (Lipinski definition) is 0. The molecular formula is C25H30ClNO5. The molecule has 0 unspecified atom stereocenters. The van der Waals surface area contributed by atoms with Gasteiger partial charge in [-0.25, -0.2) is 0 Å². The summed E-state index contributed by atoms with van der Waals surface area (Å²) in [7, 11) is 1.49. The summed E-state index contributed by atoms with van der Waals surface area (Å²) in [5.41, 5.74) is 0.714. The number of halogens is 1. The van der Waals surface area contributed by atoms with Crippen LogP contribution in [-0.4, -0.2) is 55.8 Å². The van der Waals surface area contributed by atoms with Crippen LogP contribution in [0.5, 0.6) is 5.75 Å². The largest absolute Gasteiger partial charge is 0.496 e. The highest BCUT2D eigenvalue weighted by Gasteiger charge is 2.48. The fraction of sp³-hybridized carbons (Fsp3) is 0.560. The first-order valence-corrected chi connectivity index (χ1v) is 11.4. The molecule has 1 aromatic carbocycles. The summed E-state index contributed by atoms with van der Waals surface area (Å²) in [6.07, 6.45) is 2.73. The van der Waals surface area contributed by atoms with E-state index in [1.54, 1.807) is 24.0 Å². The van der Waals surface area contributed by atoms with Crippen molar-refractivity contribution in [3.8, 4) is 17.6 Å². The molecule has 2 fully saturated rings. The quantitative estimate of drug-likeness (QED) is 0.368. The second-order valence-corrected chi connectivity index (χ2v) is 9.01. The van der Waals surface area contributed by atoms with Gasteiger partial charge in [-0.2, -0.15) is 0 Å². The van der Waals surface area contributed by atoms with Gasteiger partial charge in [-0.3, -0.25) is 14.4 Å². The normalized spacial score (nSPS) is 18.4. The molecule has 1 saturated carbocycles. The maximum Gasteiger partial charge on any atom is 0.248 e. The molecule has 6 nitrogen and oxygen atoms in total. The van der Waals surface area contributed by atoms with Crippen molar-refractivity contribution in [3.63, 3.8) is 0 Å². The Morgan fingerprint density at radius 2 is 1.88 bits per heavy atom. The number of rotatable bonds is 6. The van der Waals surface area contributed by atoms with E-state index in [1.165, 1.54) is 7.11 Å². The topological polar surface area (TPSA) is 72.9 Å². The second kappa shape index (κ2) is 10.5. The Hall–Kier alpha value is -2.36. The lowest BCUT2D eigenvalue weighted by atomic mass is 9.63. The number of methoxy groups -OCH3 is 1. The Labute approximate surface area is 194 Å². The summed E-state index contributed by atoms with van der Waals surface area (Å²) in [6, 6.07) is 3.39. The number of Topliss-reactive ketones (excluding diaryl/α,β-unsaturated/α-hetero) is 2. The molecule has 1 saturated heterocycles. The lowest BCUT2D eigenvalue weighted by Crippen LogP contribution is -2.49. The zero-order chi connectivity index (χ0) is 23.3. The van der Waals surface area contributed by atoms with Gasteiger partial charge < -0.3 is 14.4 Å². The van der Waals surface area contributed by atoms with Gasteiger partial charge in [0, 0.05) is 48.7 Å². The van der Waals surface area contributed by atoms with Crippen LogP contribution in [-0.2, 0) is 19.1 Å². The van der Waals surface area contributed by atoms with Gasteiger partial charge in [0.2, 0.25) is 5.91 Å². The first-order valence-electron chi connectivity index (χ1n) is 11.0. The van der Waals surface area contributed by atoms with Crippen molar-refractivity contribution < 1.29 is 23.9 Å². The third kappa shape index (κ3) is 5.16.